The number of aryl methyl sites for hydroxylation is 1. The van der Waals surface area contributed by atoms with Gasteiger partial charge in [-0.15, -0.1) is 10.2 Å². The highest BCUT2D eigenvalue weighted by Crippen LogP contribution is 2.24. The molecule has 1 unspecified atom stereocenters. The Hall–Kier alpha value is -1.62. The highest BCUT2D eigenvalue weighted by atomic mass is 32.1. The van der Waals surface area contributed by atoms with Crippen LogP contribution in [-0.4, -0.2) is 17.3 Å². The first-order valence-corrected chi connectivity index (χ1v) is 6.77. The fourth-order valence-electron chi connectivity index (χ4n) is 1.63. The standard InChI is InChI=1S/C13H17N3OS/c1-4-12-15-16-13(18-12)14-9(2)10-6-5-7-11(8-10)17-3/h5-9H,4H2,1-3H3,(H,14,16). The van der Waals surface area contributed by atoms with Crippen LogP contribution in [0.15, 0.2) is 24.3 Å². The molecule has 0 amide bonds. The van der Waals surface area contributed by atoms with E-state index in [9.17, 15) is 0 Å². The first kappa shape index (κ1) is 12.8. The van der Waals surface area contributed by atoms with Crippen molar-refractivity contribution in [3.05, 3.63) is 34.8 Å². The molecular formula is C13H17N3OS. The normalized spacial score (nSPS) is 12.2. The van der Waals surface area contributed by atoms with Crippen molar-refractivity contribution in [2.24, 2.45) is 0 Å². The molecule has 0 aliphatic carbocycles. The highest BCUT2D eigenvalue weighted by molar-refractivity contribution is 7.15. The summed E-state index contributed by atoms with van der Waals surface area (Å²) in [5.74, 6) is 0.868. The fraction of sp³-hybridized carbons (Fsp3) is 0.385. The lowest BCUT2D eigenvalue weighted by atomic mass is 10.1. The van der Waals surface area contributed by atoms with Gasteiger partial charge in [-0.2, -0.15) is 0 Å². The van der Waals surface area contributed by atoms with E-state index < -0.39 is 0 Å². The Labute approximate surface area is 111 Å². The van der Waals surface area contributed by atoms with Crippen molar-refractivity contribution < 1.29 is 4.74 Å². The molecule has 0 aliphatic heterocycles. The van der Waals surface area contributed by atoms with Crippen molar-refractivity contribution in [2.75, 3.05) is 12.4 Å². The maximum absolute atomic E-state index is 5.22. The zero-order valence-electron chi connectivity index (χ0n) is 10.8. The van der Waals surface area contributed by atoms with Crippen molar-refractivity contribution in [3.8, 4) is 5.75 Å². The maximum atomic E-state index is 5.22. The van der Waals surface area contributed by atoms with Crippen LogP contribution in [0.2, 0.25) is 0 Å². The summed E-state index contributed by atoms with van der Waals surface area (Å²) in [4.78, 5) is 0. The van der Waals surface area contributed by atoms with Gasteiger partial charge in [-0.25, -0.2) is 0 Å². The monoisotopic (exact) mass is 263 g/mol. The van der Waals surface area contributed by atoms with Gasteiger partial charge in [0.1, 0.15) is 10.8 Å². The summed E-state index contributed by atoms with van der Waals surface area (Å²) in [7, 11) is 1.68. The van der Waals surface area contributed by atoms with E-state index in [1.807, 2.05) is 18.2 Å². The summed E-state index contributed by atoms with van der Waals surface area (Å²) >= 11 is 1.60. The third-order valence-corrected chi connectivity index (χ3v) is 3.70. The van der Waals surface area contributed by atoms with E-state index >= 15 is 0 Å². The molecule has 0 radical (unpaired) electrons. The number of hydrogen-bond acceptors (Lipinski definition) is 5. The molecule has 0 aliphatic rings. The molecule has 0 fully saturated rings. The summed E-state index contributed by atoms with van der Waals surface area (Å²) in [5, 5.41) is 13.5. The number of anilines is 1. The number of benzene rings is 1. The lowest BCUT2D eigenvalue weighted by Gasteiger charge is -2.13. The molecule has 0 spiro atoms. The van der Waals surface area contributed by atoms with Crippen LogP contribution in [0.4, 0.5) is 5.13 Å². The Kier molecular flexibility index (Phi) is 4.15. The van der Waals surface area contributed by atoms with Crippen molar-refractivity contribution >= 4 is 16.5 Å². The Bertz CT molecular complexity index is 512. The summed E-state index contributed by atoms with van der Waals surface area (Å²) in [6.07, 6.45) is 0.923. The predicted octanol–water partition coefficient (Wildman–Crippen LogP) is 3.28. The molecular weight excluding hydrogens is 246 g/mol. The lowest BCUT2D eigenvalue weighted by Crippen LogP contribution is -2.06. The van der Waals surface area contributed by atoms with Crippen LogP contribution in [0, 0.1) is 0 Å². The molecule has 0 saturated carbocycles. The van der Waals surface area contributed by atoms with Crippen molar-refractivity contribution in [2.45, 2.75) is 26.3 Å². The van der Waals surface area contributed by atoms with E-state index in [-0.39, 0.29) is 6.04 Å². The Morgan fingerprint density at radius 1 is 1.39 bits per heavy atom. The molecule has 1 heterocycles. The van der Waals surface area contributed by atoms with E-state index in [4.69, 9.17) is 4.74 Å². The van der Waals surface area contributed by atoms with Gasteiger partial charge in [0.25, 0.3) is 0 Å². The van der Waals surface area contributed by atoms with Gasteiger partial charge in [-0.1, -0.05) is 30.4 Å². The molecule has 1 aromatic heterocycles. The molecule has 1 N–H and O–H groups in total. The number of rotatable bonds is 5. The lowest BCUT2D eigenvalue weighted by molar-refractivity contribution is 0.414. The molecule has 5 heteroatoms. The highest BCUT2D eigenvalue weighted by Gasteiger charge is 2.09. The summed E-state index contributed by atoms with van der Waals surface area (Å²) in [5.41, 5.74) is 1.17. The van der Waals surface area contributed by atoms with E-state index in [1.54, 1.807) is 18.4 Å². The molecule has 1 aromatic carbocycles. The van der Waals surface area contributed by atoms with E-state index in [0.29, 0.717) is 0 Å². The summed E-state index contributed by atoms with van der Waals surface area (Å²) < 4.78 is 5.22. The van der Waals surface area contributed by atoms with E-state index in [2.05, 4.69) is 35.4 Å². The molecule has 18 heavy (non-hydrogen) atoms. The van der Waals surface area contributed by atoms with Crippen LogP contribution in [0.25, 0.3) is 0 Å². The molecule has 2 rings (SSSR count). The summed E-state index contributed by atoms with van der Waals surface area (Å²) in [6, 6.07) is 8.21. The van der Waals surface area contributed by atoms with Crippen molar-refractivity contribution in [1.29, 1.82) is 0 Å². The van der Waals surface area contributed by atoms with Gasteiger partial charge in [-0.05, 0) is 31.0 Å². The van der Waals surface area contributed by atoms with E-state index in [1.165, 1.54) is 5.56 Å². The largest absolute Gasteiger partial charge is 0.497 e. The quantitative estimate of drug-likeness (QED) is 0.899. The Morgan fingerprint density at radius 3 is 2.89 bits per heavy atom. The zero-order valence-corrected chi connectivity index (χ0v) is 11.6. The van der Waals surface area contributed by atoms with Gasteiger partial charge < -0.3 is 10.1 Å². The SMILES string of the molecule is CCc1nnc(NC(C)c2cccc(OC)c2)s1. The topological polar surface area (TPSA) is 47.0 Å². The van der Waals surface area contributed by atoms with Crippen LogP contribution in [0.1, 0.15) is 30.5 Å². The minimum absolute atomic E-state index is 0.178. The predicted molar refractivity (Wildman–Crippen MR) is 74.3 cm³/mol. The number of aromatic nitrogens is 2. The maximum Gasteiger partial charge on any atom is 0.206 e. The van der Waals surface area contributed by atoms with Gasteiger partial charge in [0, 0.05) is 0 Å². The number of nitrogens with zero attached hydrogens (tertiary/aromatic N) is 2. The Morgan fingerprint density at radius 2 is 2.22 bits per heavy atom. The average molecular weight is 263 g/mol. The molecule has 4 nitrogen and oxygen atoms in total. The second-order valence-electron chi connectivity index (χ2n) is 4.00. The van der Waals surface area contributed by atoms with Gasteiger partial charge in [-0.3, -0.25) is 0 Å². The minimum Gasteiger partial charge on any atom is -0.497 e. The molecule has 96 valence electrons. The fourth-order valence-corrected chi connectivity index (χ4v) is 2.40. The van der Waals surface area contributed by atoms with Crippen LogP contribution >= 0.6 is 11.3 Å². The molecule has 0 saturated heterocycles. The average Bonchev–Trinajstić information content (AvgIpc) is 2.86. The van der Waals surface area contributed by atoms with Gasteiger partial charge in [0.15, 0.2) is 0 Å². The van der Waals surface area contributed by atoms with Gasteiger partial charge in [0.05, 0.1) is 13.2 Å². The Balaban J connectivity index is 2.08. The van der Waals surface area contributed by atoms with Crippen molar-refractivity contribution in [1.82, 2.24) is 10.2 Å². The second kappa shape index (κ2) is 5.82. The first-order valence-electron chi connectivity index (χ1n) is 5.95. The van der Waals surface area contributed by atoms with Crippen molar-refractivity contribution in [3.63, 3.8) is 0 Å². The smallest absolute Gasteiger partial charge is 0.206 e. The summed E-state index contributed by atoms with van der Waals surface area (Å²) in [6.45, 7) is 4.18. The number of methoxy groups -OCH3 is 1. The van der Waals surface area contributed by atoms with Crippen LogP contribution in [-0.2, 0) is 6.42 Å². The molecule has 0 bridgehead atoms. The number of ether oxygens (including phenoxy) is 1. The number of hydrogen-bond donors (Lipinski definition) is 1. The first-order chi connectivity index (χ1) is 8.72. The van der Waals surface area contributed by atoms with Gasteiger partial charge in [0.2, 0.25) is 5.13 Å². The van der Waals surface area contributed by atoms with Crippen LogP contribution in [0.5, 0.6) is 5.75 Å². The van der Waals surface area contributed by atoms with Crippen LogP contribution in [0.3, 0.4) is 0 Å². The van der Waals surface area contributed by atoms with E-state index in [0.717, 1.165) is 22.3 Å². The second-order valence-corrected chi connectivity index (χ2v) is 5.06. The molecule has 2 aromatic rings. The third-order valence-electron chi connectivity index (χ3n) is 2.70. The van der Waals surface area contributed by atoms with Crippen LogP contribution < -0.4 is 10.1 Å². The molecule has 1 atom stereocenters. The third kappa shape index (κ3) is 2.98. The van der Waals surface area contributed by atoms with Gasteiger partial charge >= 0.3 is 0 Å². The zero-order chi connectivity index (χ0) is 13.0. The number of nitrogens with one attached hydrogen (secondary N) is 1. The minimum atomic E-state index is 0.178.